The molecule has 2 heterocycles. The summed E-state index contributed by atoms with van der Waals surface area (Å²) in [5.74, 6) is 0.805. The number of thioether (sulfide) groups is 1. The minimum atomic E-state index is -0.320. The van der Waals surface area contributed by atoms with Crippen LogP contribution >= 0.6 is 23.1 Å². The van der Waals surface area contributed by atoms with Crippen molar-refractivity contribution < 1.29 is 23.8 Å². The number of amides is 2. The molecule has 4 rings (SSSR count). The molecule has 0 bridgehead atoms. The van der Waals surface area contributed by atoms with Crippen LogP contribution in [0.3, 0.4) is 0 Å². The normalized spacial score (nSPS) is 14.1. The van der Waals surface area contributed by atoms with Crippen LogP contribution in [0, 0.1) is 0 Å². The third kappa shape index (κ3) is 5.92. The van der Waals surface area contributed by atoms with E-state index in [2.05, 4.69) is 20.5 Å². The maximum Gasteiger partial charge on any atom is 0.283 e. The van der Waals surface area contributed by atoms with Gasteiger partial charge in [0, 0.05) is 0 Å². The summed E-state index contributed by atoms with van der Waals surface area (Å²) in [5, 5.41) is 12.4. The summed E-state index contributed by atoms with van der Waals surface area (Å²) < 4.78 is 16.2. The summed E-state index contributed by atoms with van der Waals surface area (Å²) in [6, 6.07) is 12.6. The van der Waals surface area contributed by atoms with Crippen LogP contribution in [0.4, 0.5) is 10.8 Å². The monoisotopic (exact) mass is 539 g/mol. The molecule has 3 aromatic rings. The zero-order chi connectivity index (χ0) is 26.4. The average Bonchev–Trinajstić information content (AvgIpc) is 3.50. The van der Waals surface area contributed by atoms with Gasteiger partial charge >= 0.3 is 0 Å². The number of aromatic nitrogens is 2. The van der Waals surface area contributed by atoms with E-state index in [9.17, 15) is 9.59 Å². The van der Waals surface area contributed by atoms with Gasteiger partial charge in [0.2, 0.25) is 16.8 Å². The number of methoxy groups -OCH3 is 3. The summed E-state index contributed by atoms with van der Waals surface area (Å²) in [7, 11) is 4.57. The Morgan fingerprint density at radius 2 is 1.78 bits per heavy atom. The summed E-state index contributed by atoms with van der Waals surface area (Å²) >= 11 is 2.49. The lowest BCUT2D eigenvalue weighted by molar-refractivity contribution is -0.114. The molecule has 0 radical (unpaired) electrons. The SMILES string of the molecule is CCc1nnc(NC(=O)CSC2=N/C(=C/c3cc(OC)c(OC)c(OC)c3)C(=O)N2c2ccccc2)s1. The Balaban J connectivity index is 1.61. The van der Waals surface area contributed by atoms with E-state index in [0.717, 1.165) is 23.2 Å². The van der Waals surface area contributed by atoms with Gasteiger partial charge in [0.1, 0.15) is 10.7 Å². The first-order valence-corrected chi connectivity index (χ1v) is 13.0. The van der Waals surface area contributed by atoms with E-state index in [1.807, 2.05) is 37.3 Å². The molecular formula is C25H25N5O5S2. The van der Waals surface area contributed by atoms with E-state index in [4.69, 9.17) is 14.2 Å². The summed E-state index contributed by atoms with van der Waals surface area (Å²) in [4.78, 5) is 32.1. The van der Waals surface area contributed by atoms with Gasteiger partial charge in [0.15, 0.2) is 16.7 Å². The zero-order valence-electron chi connectivity index (χ0n) is 20.7. The fourth-order valence-corrected chi connectivity index (χ4v) is 4.98. The molecule has 10 nitrogen and oxygen atoms in total. The highest BCUT2D eigenvalue weighted by atomic mass is 32.2. The van der Waals surface area contributed by atoms with Crippen LogP contribution < -0.4 is 24.4 Å². The van der Waals surface area contributed by atoms with Crippen LogP contribution in [-0.2, 0) is 16.0 Å². The lowest BCUT2D eigenvalue weighted by Crippen LogP contribution is -2.31. The number of rotatable bonds is 9. The molecule has 37 heavy (non-hydrogen) atoms. The van der Waals surface area contributed by atoms with Crippen molar-refractivity contribution in [2.45, 2.75) is 13.3 Å². The third-order valence-corrected chi connectivity index (χ3v) is 7.10. The molecule has 192 valence electrons. The molecule has 1 aliphatic rings. The second kappa shape index (κ2) is 11.9. The van der Waals surface area contributed by atoms with Gasteiger partial charge in [-0.1, -0.05) is 48.2 Å². The van der Waals surface area contributed by atoms with E-state index < -0.39 is 0 Å². The van der Waals surface area contributed by atoms with Crippen molar-refractivity contribution >= 4 is 57.0 Å². The average molecular weight is 540 g/mol. The Kier molecular flexibility index (Phi) is 8.41. The smallest absolute Gasteiger partial charge is 0.283 e. The summed E-state index contributed by atoms with van der Waals surface area (Å²) in [5.41, 5.74) is 1.49. The molecule has 0 atom stereocenters. The molecule has 0 aliphatic carbocycles. The Labute approximate surface area is 222 Å². The lowest BCUT2D eigenvalue weighted by atomic mass is 10.1. The second-order valence-electron chi connectivity index (χ2n) is 7.55. The van der Waals surface area contributed by atoms with E-state index >= 15 is 0 Å². The summed E-state index contributed by atoms with van der Waals surface area (Å²) in [6.45, 7) is 1.97. The Morgan fingerprint density at radius 3 is 2.38 bits per heavy atom. The van der Waals surface area contributed by atoms with Crippen LogP contribution in [0.1, 0.15) is 17.5 Å². The number of carbonyl (C=O) groups is 2. The number of ether oxygens (including phenoxy) is 3. The van der Waals surface area contributed by atoms with E-state index in [-0.39, 0.29) is 23.3 Å². The van der Waals surface area contributed by atoms with Crippen LogP contribution in [0.2, 0.25) is 0 Å². The maximum atomic E-state index is 13.4. The minimum absolute atomic E-state index is 0.0357. The maximum absolute atomic E-state index is 13.4. The number of aryl methyl sites for hydroxylation is 1. The first kappa shape index (κ1) is 26.2. The van der Waals surface area contributed by atoms with Gasteiger partial charge in [0.05, 0.1) is 32.8 Å². The van der Waals surface area contributed by atoms with Crippen LogP contribution in [0.5, 0.6) is 17.2 Å². The fourth-order valence-electron chi connectivity index (χ4n) is 3.47. The quantitative estimate of drug-likeness (QED) is 0.402. The predicted molar refractivity (Wildman–Crippen MR) is 146 cm³/mol. The summed E-state index contributed by atoms with van der Waals surface area (Å²) in [6.07, 6.45) is 2.39. The van der Waals surface area contributed by atoms with Crippen molar-refractivity contribution in [3.8, 4) is 17.2 Å². The number of aliphatic imine (C=N–C) groups is 1. The molecule has 2 amide bonds. The minimum Gasteiger partial charge on any atom is -0.493 e. The number of anilines is 2. The van der Waals surface area contributed by atoms with Crippen molar-refractivity contribution in [1.82, 2.24) is 10.2 Å². The van der Waals surface area contributed by atoms with Gasteiger partial charge in [-0.25, -0.2) is 4.99 Å². The van der Waals surface area contributed by atoms with Crippen LogP contribution in [0.15, 0.2) is 53.2 Å². The predicted octanol–water partition coefficient (Wildman–Crippen LogP) is 4.24. The van der Waals surface area contributed by atoms with E-state index in [1.165, 1.54) is 37.6 Å². The number of nitrogens with zero attached hydrogens (tertiary/aromatic N) is 4. The van der Waals surface area contributed by atoms with Gasteiger partial charge in [-0.2, -0.15) is 0 Å². The standard InChI is InChI=1S/C25H25N5O5S2/c1-5-21-28-29-24(37-21)27-20(31)14-36-25-26-17(23(32)30(25)16-9-7-6-8-10-16)11-15-12-18(33-2)22(35-4)19(13-15)34-3/h6-13H,5,14H2,1-4H3,(H,27,29,31)/b17-11+. The van der Waals surface area contributed by atoms with E-state index in [0.29, 0.717) is 38.8 Å². The molecule has 1 aromatic heterocycles. The Bertz CT molecular complexity index is 1330. The van der Waals surface area contributed by atoms with Crippen molar-refractivity contribution in [2.24, 2.45) is 4.99 Å². The highest BCUT2D eigenvalue weighted by molar-refractivity contribution is 8.14. The van der Waals surface area contributed by atoms with Gasteiger partial charge in [-0.15, -0.1) is 10.2 Å². The van der Waals surface area contributed by atoms with Crippen molar-refractivity contribution in [3.05, 3.63) is 58.7 Å². The molecule has 0 spiro atoms. The van der Waals surface area contributed by atoms with Gasteiger partial charge in [-0.3, -0.25) is 19.8 Å². The number of hydrogen-bond acceptors (Lipinski definition) is 10. The first-order valence-electron chi connectivity index (χ1n) is 11.2. The fraction of sp³-hybridized carbons (Fsp3) is 0.240. The molecule has 0 unspecified atom stereocenters. The molecule has 2 aromatic carbocycles. The lowest BCUT2D eigenvalue weighted by Gasteiger charge is -2.17. The van der Waals surface area contributed by atoms with Gasteiger partial charge < -0.3 is 14.2 Å². The van der Waals surface area contributed by atoms with Crippen LogP contribution in [0.25, 0.3) is 6.08 Å². The van der Waals surface area contributed by atoms with Gasteiger partial charge in [-0.05, 0) is 42.3 Å². The van der Waals surface area contributed by atoms with Gasteiger partial charge in [0.25, 0.3) is 5.91 Å². The van der Waals surface area contributed by atoms with Crippen molar-refractivity contribution in [2.75, 3.05) is 37.3 Å². The number of nitrogens with one attached hydrogen (secondary N) is 1. The Hall–Kier alpha value is -3.90. The highest BCUT2D eigenvalue weighted by Crippen LogP contribution is 2.39. The number of benzene rings is 2. The number of para-hydroxylation sites is 1. The molecule has 0 fully saturated rings. The molecule has 1 N–H and O–H groups in total. The first-order chi connectivity index (χ1) is 18.0. The topological polar surface area (TPSA) is 115 Å². The molecule has 0 saturated heterocycles. The van der Waals surface area contributed by atoms with E-state index in [1.54, 1.807) is 18.2 Å². The third-order valence-electron chi connectivity index (χ3n) is 5.18. The molecule has 1 aliphatic heterocycles. The molecule has 12 heteroatoms. The highest BCUT2D eigenvalue weighted by Gasteiger charge is 2.32. The molecule has 0 saturated carbocycles. The zero-order valence-corrected chi connectivity index (χ0v) is 22.3. The number of carbonyl (C=O) groups excluding carboxylic acids is 2. The number of hydrogen-bond donors (Lipinski definition) is 1. The molecular weight excluding hydrogens is 514 g/mol. The Morgan fingerprint density at radius 1 is 1.08 bits per heavy atom. The second-order valence-corrected chi connectivity index (χ2v) is 9.55. The number of amidine groups is 1. The van der Waals surface area contributed by atoms with Crippen molar-refractivity contribution in [3.63, 3.8) is 0 Å². The van der Waals surface area contributed by atoms with Crippen LogP contribution in [-0.4, -0.2) is 54.3 Å². The largest absolute Gasteiger partial charge is 0.493 e. The van der Waals surface area contributed by atoms with Crippen molar-refractivity contribution in [1.29, 1.82) is 0 Å².